The molecule has 3 nitrogen and oxygen atoms in total. The fourth-order valence-corrected chi connectivity index (χ4v) is 1.79. The third-order valence-corrected chi connectivity index (χ3v) is 2.71. The molecule has 94 valence electrons. The summed E-state index contributed by atoms with van der Waals surface area (Å²) in [5.41, 5.74) is 1.64. The van der Waals surface area contributed by atoms with E-state index in [2.05, 4.69) is 0 Å². The van der Waals surface area contributed by atoms with Gasteiger partial charge in [-0.1, -0.05) is 12.1 Å². The van der Waals surface area contributed by atoms with Gasteiger partial charge in [-0.3, -0.25) is 4.79 Å². The fraction of sp³-hybridized carbons (Fsp3) is 0.462. The summed E-state index contributed by atoms with van der Waals surface area (Å²) >= 11 is 0. The summed E-state index contributed by atoms with van der Waals surface area (Å²) in [4.78, 5) is 10.3. The maximum absolute atomic E-state index is 13.4. The van der Waals surface area contributed by atoms with Crippen molar-refractivity contribution in [3.8, 4) is 0 Å². The number of aliphatic hydroxyl groups is 1. The van der Waals surface area contributed by atoms with Gasteiger partial charge >= 0.3 is 5.97 Å². The molecule has 1 rings (SSSR count). The van der Waals surface area contributed by atoms with E-state index in [0.29, 0.717) is 29.5 Å². The number of carboxylic acid groups (broad SMARTS) is 1. The van der Waals surface area contributed by atoms with Crippen molar-refractivity contribution in [3.05, 3.63) is 34.6 Å². The summed E-state index contributed by atoms with van der Waals surface area (Å²) in [6.45, 7) is 3.30. The van der Waals surface area contributed by atoms with E-state index in [1.807, 2.05) is 0 Å². The van der Waals surface area contributed by atoms with Crippen LogP contribution in [-0.2, 0) is 4.79 Å². The van der Waals surface area contributed by atoms with Crippen LogP contribution >= 0.6 is 0 Å². The van der Waals surface area contributed by atoms with Crippen molar-refractivity contribution < 1.29 is 19.4 Å². The van der Waals surface area contributed by atoms with Crippen LogP contribution in [0.25, 0.3) is 0 Å². The molecule has 0 fully saturated rings. The molecule has 0 radical (unpaired) electrons. The Kier molecular flexibility index (Phi) is 4.63. The Bertz CT molecular complexity index is 392. The number of carboxylic acids is 1. The molecule has 1 unspecified atom stereocenters. The first kappa shape index (κ1) is 13.6. The smallest absolute Gasteiger partial charge is 0.303 e. The van der Waals surface area contributed by atoms with Crippen LogP contribution in [0.3, 0.4) is 0 Å². The zero-order valence-corrected chi connectivity index (χ0v) is 10.0. The Balaban J connectivity index is 2.69. The molecule has 1 aromatic carbocycles. The van der Waals surface area contributed by atoms with Gasteiger partial charge in [-0.05, 0) is 43.4 Å². The summed E-state index contributed by atoms with van der Waals surface area (Å²) in [5.74, 6) is -1.13. The predicted molar refractivity (Wildman–Crippen MR) is 62.3 cm³/mol. The highest BCUT2D eigenvalue weighted by Gasteiger charge is 2.12. The SMILES string of the molecule is Cc1cc(C(O)CCCC(=O)O)cc(C)c1F. The predicted octanol–water partition coefficient (Wildman–Crippen LogP) is 2.73. The van der Waals surface area contributed by atoms with Gasteiger partial charge in [0.15, 0.2) is 0 Å². The Hall–Kier alpha value is -1.42. The number of hydrogen-bond donors (Lipinski definition) is 2. The highest BCUT2D eigenvalue weighted by molar-refractivity contribution is 5.66. The van der Waals surface area contributed by atoms with E-state index in [1.54, 1.807) is 26.0 Å². The Morgan fingerprint density at radius 3 is 2.35 bits per heavy atom. The molecular weight excluding hydrogens is 223 g/mol. The Morgan fingerprint density at radius 2 is 1.88 bits per heavy atom. The van der Waals surface area contributed by atoms with Crippen LogP contribution in [0.4, 0.5) is 4.39 Å². The summed E-state index contributed by atoms with van der Waals surface area (Å²) in [6.07, 6.45) is 0.0891. The summed E-state index contributed by atoms with van der Waals surface area (Å²) in [7, 11) is 0. The third-order valence-electron chi connectivity index (χ3n) is 2.71. The number of halogens is 1. The monoisotopic (exact) mass is 240 g/mol. The highest BCUT2D eigenvalue weighted by atomic mass is 19.1. The van der Waals surface area contributed by atoms with Crippen LogP contribution in [0.15, 0.2) is 12.1 Å². The van der Waals surface area contributed by atoms with Crippen LogP contribution in [0.2, 0.25) is 0 Å². The second kappa shape index (κ2) is 5.77. The van der Waals surface area contributed by atoms with E-state index in [9.17, 15) is 14.3 Å². The van der Waals surface area contributed by atoms with Crippen molar-refractivity contribution in [1.29, 1.82) is 0 Å². The lowest BCUT2D eigenvalue weighted by Crippen LogP contribution is -2.02. The molecular formula is C13H17FO3. The highest BCUT2D eigenvalue weighted by Crippen LogP contribution is 2.23. The first-order chi connectivity index (χ1) is 7.91. The first-order valence-electron chi connectivity index (χ1n) is 5.58. The van der Waals surface area contributed by atoms with Crippen LogP contribution < -0.4 is 0 Å². The molecule has 0 saturated heterocycles. The molecule has 2 N–H and O–H groups in total. The van der Waals surface area contributed by atoms with E-state index in [1.165, 1.54) is 0 Å². The lowest BCUT2D eigenvalue weighted by Gasteiger charge is -2.13. The van der Waals surface area contributed by atoms with Gasteiger partial charge in [-0.25, -0.2) is 4.39 Å². The lowest BCUT2D eigenvalue weighted by atomic mass is 9.99. The van der Waals surface area contributed by atoms with Gasteiger partial charge in [-0.2, -0.15) is 0 Å². The standard InChI is InChI=1S/C13H17FO3/c1-8-6-10(7-9(2)13(8)14)11(15)4-3-5-12(16)17/h6-7,11,15H,3-5H2,1-2H3,(H,16,17). The minimum atomic E-state index is -0.872. The average Bonchev–Trinajstić information content (AvgIpc) is 2.24. The van der Waals surface area contributed by atoms with Gasteiger partial charge in [0.2, 0.25) is 0 Å². The van der Waals surface area contributed by atoms with E-state index in [4.69, 9.17) is 5.11 Å². The molecule has 1 aromatic rings. The van der Waals surface area contributed by atoms with Crippen molar-refractivity contribution in [3.63, 3.8) is 0 Å². The van der Waals surface area contributed by atoms with Crippen molar-refractivity contribution in [2.24, 2.45) is 0 Å². The fourth-order valence-electron chi connectivity index (χ4n) is 1.79. The van der Waals surface area contributed by atoms with Gasteiger partial charge in [0.1, 0.15) is 5.82 Å². The molecule has 4 heteroatoms. The van der Waals surface area contributed by atoms with E-state index in [0.717, 1.165) is 0 Å². The van der Waals surface area contributed by atoms with Gasteiger partial charge in [0.05, 0.1) is 6.10 Å². The van der Waals surface area contributed by atoms with Crippen LogP contribution in [0, 0.1) is 19.7 Å². The minimum Gasteiger partial charge on any atom is -0.481 e. The molecule has 0 aliphatic heterocycles. The van der Waals surface area contributed by atoms with Gasteiger partial charge < -0.3 is 10.2 Å². The van der Waals surface area contributed by atoms with Crippen molar-refractivity contribution in [2.75, 3.05) is 0 Å². The molecule has 0 spiro atoms. The average molecular weight is 240 g/mol. The minimum absolute atomic E-state index is 0.0379. The number of hydrogen-bond acceptors (Lipinski definition) is 2. The molecule has 0 heterocycles. The molecule has 0 amide bonds. The number of carbonyl (C=O) groups is 1. The number of benzene rings is 1. The zero-order valence-electron chi connectivity index (χ0n) is 10.0. The maximum atomic E-state index is 13.4. The van der Waals surface area contributed by atoms with Crippen molar-refractivity contribution in [2.45, 2.75) is 39.2 Å². The second-order valence-electron chi connectivity index (χ2n) is 4.27. The summed E-state index contributed by atoms with van der Waals surface area (Å²) < 4.78 is 13.4. The molecule has 17 heavy (non-hydrogen) atoms. The molecule has 0 aliphatic carbocycles. The molecule has 0 aliphatic rings. The second-order valence-corrected chi connectivity index (χ2v) is 4.27. The molecule has 1 atom stereocenters. The summed E-state index contributed by atoms with van der Waals surface area (Å²) in [6, 6.07) is 3.21. The molecule has 0 aromatic heterocycles. The van der Waals surface area contributed by atoms with Crippen LogP contribution in [-0.4, -0.2) is 16.2 Å². The number of aliphatic carboxylic acids is 1. The van der Waals surface area contributed by atoms with Gasteiger partial charge in [0, 0.05) is 6.42 Å². The normalized spacial score (nSPS) is 12.5. The molecule has 0 saturated carbocycles. The van der Waals surface area contributed by atoms with Crippen LogP contribution in [0.5, 0.6) is 0 Å². The van der Waals surface area contributed by atoms with Gasteiger partial charge in [0.25, 0.3) is 0 Å². The Labute approximate surface area is 99.9 Å². The number of aliphatic hydroxyl groups excluding tert-OH is 1. The van der Waals surface area contributed by atoms with E-state index in [-0.39, 0.29) is 12.2 Å². The third kappa shape index (κ3) is 3.82. The Morgan fingerprint density at radius 1 is 1.35 bits per heavy atom. The zero-order chi connectivity index (χ0) is 13.0. The lowest BCUT2D eigenvalue weighted by molar-refractivity contribution is -0.137. The van der Waals surface area contributed by atoms with Crippen molar-refractivity contribution in [1.82, 2.24) is 0 Å². The maximum Gasteiger partial charge on any atom is 0.303 e. The van der Waals surface area contributed by atoms with Crippen LogP contribution in [0.1, 0.15) is 42.1 Å². The number of rotatable bonds is 5. The largest absolute Gasteiger partial charge is 0.481 e. The van der Waals surface area contributed by atoms with E-state index >= 15 is 0 Å². The van der Waals surface area contributed by atoms with Crippen molar-refractivity contribution >= 4 is 5.97 Å². The quantitative estimate of drug-likeness (QED) is 0.832. The van der Waals surface area contributed by atoms with Gasteiger partial charge in [-0.15, -0.1) is 0 Å². The number of aryl methyl sites for hydroxylation is 2. The topological polar surface area (TPSA) is 57.5 Å². The van der Waals surface area contributed by atoms with E-state index < -0.39 is 12.1 Å². The molecule has 0 bridgehead atoms. The first-order valence-corrected chi connectivity index (χ1v) is 5.58. The summed E-state index contributed by atoms with van der Waals surface area (Å²) in [5, 5.41) is 18.3.